The SMILES string of the molecule is CCCOCc1c(I)cnn1CCC(F)(F)F. The summed E-state index contributed by atoms with van der Waals surface area (Å²) < 4.78 is 43.9. The van der Waals surface area contributed by atoms with E-state index in [0.717, 1.165) is 9.99 Å². The fourth-order valence-corrected chi connectivity index (χ4v) is 1.83. The Kier molecular flexibility index (Phi) is 5.71. The van der Waals surface area contributed by atoms with Gasteiger partial charge >= 0.3 is 6.18 Å². The second-order valence-electron chi connectivity index (χ2n) is 3.58. The second-order valence-corrected chi connectivity index (χ2v) is 4.74. The largest absolute Gasteiger partial charge is 0.390 e. The van der Waals surface area contributed by atoms with Crippen LogP contribution in [0.1, 0.15) is 25.5 Å². The van der Waals surface area contributed by atoms with Crippen molar-refractivity contribution < 1.29 is 17.9 Å². The van der Waals surface area contributed by atoms with Crippen LogP contribution in [-0.4, -0.2) is 22.6 Å². The van der Waals surface area contributed by atoms with Crippen molar-refractivity contribution in [1.29, 1.82) is 0 Å². The van der Waals surface area contributed by atoms with Gasteiger partial charge in [-0.1, -0.05) is 6.92 Å². The summed E-state index contributed by atoms with van der Waals surface area (Å²) in [6, 6.07) is 0. The van der Waals surface area contributed by atoms with Gasteiger partial charge in [-0.3, -0.25) is 4.68 Å². The first-order chi connectivity index (χ1) is 7.94. The number of hydrogen-bond acceptors (Lipinski definition) is 2. The van der Waals surface area contributed by atoms with E-state index < -0.39 is 12.6 Å². The predicted octanol–water partition coefficient (Wildman–Crippen LogP) is 3.37. The van der Waals surface area contributed by atoms with Gasteiger partial charge in [0, 0.05) is 13.2 Å². The molecule has 0 aliphatic carbocycles. The molecule has 3 nitrogen and oxygen atoms in total. The van der Waals surface area contributed by atoms with Gasteiger partial charge in [0.25, 0.3) is 0 Å². The Hall–Kier alpha value is -0.310. The molecule has 7 heteroatoms. The summed E-state index contributed by atoms with van der Waals surface area (Å²) in [5, 5.41) is 3.93. The molecule has 0 radical (unpaired) electrons. The molecule has 0 fully saturated rings. The van der Waals surface area contributed by atoms with E-state index in [4.69, 9.17) is 4.74 Å². The van der Waals surface area contributed by atoms with Crippen LogP contribution < -0.4 is 0 Å². The van der Waals surface area contributed by atoms with Gasteiger partial charge < -0.3 is 4.74 Å². The Labute approximate surface area is 111 Å². The number of rotatable bonds is 6. The number of ether oxygens (including phenoxy) is 1. The Morgan fingerprint density at radius 2 is 2.18 bits per heavy atom. The molecule has 1 rings (SSSR count). The zero-order valence-electron chi connectivity index (χ0n) is 9.43. The predicted molar refractivity (Wildman–Crippen MR) is 65.6 cm³/mol. The first-order valence-corrected chi connectivity index (χ1v) is 6.36. The zero-order chi connectivity index (χ0) is 12.9. The van der Waals surface area contributed by atoms with Crippen LogP contribution in [0.3, 0.4) is 0 Å². The topological polar surface area (TPSA) is 27.1 Å². The highest BCUT2D eigenvalue weighted by molar-refractivity contribution is 14.1. The molecule has 17 heavy (non-hydrogen) atoms. The normalized spacial score (nSPS) is 12.1. The molecule has 0 N–H and O–H groups in total. The third-order valence-electron chi connectivity index (χ3n) is 2.09. The molecule has 0 bridgehead atoms. The number of aromatic nitrogens is 2. The van der Waals surface area contributed by atoms with Crippen LogP contribution in [0.25, 0.3) is 0 Å². The lowest BCUT2D eigenvalue weighted by molar-refractivity contribution is -0.137. The van der Waals surface area contributed by atoms with E-state index in [1.165, 1.54) is 4.68 Å². The fourth-order valence-electron chi connectivity index (χ4n) is 1.27. The molecule has 1 aromatic heterocycles. The van der Waals surface area contributed by atoms with Crippen molar-refractivity contribution in [3.8, 4) is 0 Å². The van der Waals surface area contributed by atoms with E-state index >= 15 is 0 Å². The van der Waals surface area contributed by atoms with Gasteiger partial charge in [0.05, 0.1) is 28.5 Å². The van der Waals surface area contributed by atoms with Gasteiger partial charge in [0.1, 0.15) is 0 Å². The number of alkyl halides is 3. The van der Waals surface area contributed by atoms with Gasteiger partial charge in [-0.05, 0) is 29.0 Å². The van der Waals surface area contributed by atoms with Crippen LogP contribution >= 0.6 is 22.6 Å². The lowest BCUT2D eigenvalue weighted by Gasteiger charge is -2.10. The summed E-state index contributed by atoms with van der Waals surface area (Å²) in [5.41, 5.74) is 0.711. The van der Waals surface area contributed by atoms with Crippen molar-refractivity contribution in [3.05, 3.63) is 15.5 Å². The van der Waals surface area contributed by atoms with E-state index in [9.17, 15) is 13.2 Å². The van der Waals surface area contributed by atoms with Crippen LogP contribution in [0.4, 0.5) is 13.2 Å². The van der Waals surface area contributed by atoms with Crippen molar-refractivity contribution in [2.75, 3.05) is 6.61 Å². The van der Waals surface area contributed by atoms with Crippen LogP contribution in [0.5, 0.6) is 0 Å². The standard InChI is InChI=1S/C10H14F3IN2O/c1-2-5-17-7-9-8(14)6-15-16(9)4-3-10(11,12)13/h6H,2-5,7H2,1H3. The minimum Gasteiger partial charge on any atom is -0.375 e. The van der Waals surface area contributed by atoms with Gasteiger partial charge in [0.15, 0.2) is 0 Å². The Balaban J connectivity index is 2.59. The number of aryl methyl sites for hydroxylation is 1. The van der Waals surface area contributed by atoms with Gasteiger partial charge in [-0.25, -0.2) is 0 Å². The summed E-state index contributed by atoms with van der Waals surface area (Å²) in [7, 11) is 0. The van der Waals surface area contributed by atoms with E-state index in [-0.39, 0.29) is 6.54 Å². The molecule has 0 aliphatic rings. The number of hydrogen-bond donors (Lipinski definition) is 0. The summed E-state index contributed by atoms with van der Waals surface area (Å²) in [5.74, 6) is 0. The lowest BCUT2D eigenvalue weighted by Crippen LogP contribution is -2.15. The molecule has 0 aliphatic heterocycles. The van der Waals surface area contributed by atoms with Crippen molar-refractivity contribution in [1.82, 2.24) is 9.78 Å². The Morgan fingerprint density at radius 3 is 2.76 bits per heavy atom. The van der Waals surface area contributed by atoms with E-state index in [2.05, 4.69) is 5.10 Å². The van der Waals surface area contributed by atoms with E-state index in [1.807, 2.05) is 29.5 Å². The first kappa shape index (κ1) is 14.7. The molecule has 0 spiro atoms. The minimum atomic E-state index is -4.15. The summed E-state index contributed by atoms with van der Waals surface area (Å²) in [6.45, 7) is 2.73. The summed E-state index contributed by atoms with van der Waals surface area (Å²) >= 11 is 2.05. The third kappa shape index (κ3) is 5.24. The van der Waals surface area contributed by atoms with Crippen molar-refractivity contribution in [2.24, 2.45) is 0 Å². The molecule has 0 saturated heterocycles. The Morgan fingerprint density at radius 1 is 1.47 bits per heavy atom. The fraction of sp³-hybridized carbons (Fsp3) is 0.700. The highest BCUT2D eigenvalue weighted by Crippen LogP contribution is 2.21. The lowest BCUT2D eigenvalue weighted by atomic mass is 10.4. The van der Waals surface area contributed by atoms with Crippen LogP contribution in [0, 0.1) is 3.57 Å². The minimum absolute atomic E-state index is 0.155. The van der Waals surface area contributed by atoms with Gasteiger partial charge in [0.2, 0.25) is 0 Å². The average molecular weight is 362 g/mol. The van der Waals surface area contributed by atoms with E-state index in [0.29, 0.717) is 18.9 Å². The molecule has 98 valence electrons. The smallest absolute Gasteiger partial charge is 0.375 e. The molecule has 1 aromatic rings. The van der Waals surface area contributed by atoms with Crippen molar-refractivity contribution >= 4 is 22.6 Å². The molecule has 0 atom stereocenters. The van der Waals surface area contributed by atoms with Crippen LogP contribution in [0.15, 0.2) is 6.20 Å². The van der Waals surface area contributed by atoms with Gasteiger partial charge in [-0.2, -0.15) is 18.3 Å². The van der Waals surface area contributed by atoms with Crippen LogP contribution in [-0.2, 0) is 17.9 Å². The number of halogens is 4. The highest BCUT2D eigenvalue weighted by atomic mass is 127. The molecular formula is C10H14F3IN2O. The highest BCUT2D eigenvalue weighted by Gasteiger charge is 2.27. The Bertz CT molecular complexity index is 352. The summed E-state index contributed by atoms with van der Waals surface area (Å²) in [6.07, 6.45) is -2.58. The maximum absolute atomic E-state index is 12.1. The van der Waals surface area contributed by atoms with Crippen LogP contribution in [0.2, 0.25) is 0 Å². The maximum Gasteiger partial charge on any atom is 0.390 e. The second kappa shape index (κ2) is 6.58. The quantitative estimate of drug-likeness (QED) is 0.573. The molecular weight excluding hydrogens is 348 g/mol. The summed E-state index contributed by atoms with van der Waals surface area (Å²) in [4.78, 5) is 0. The van der Waals surface area contributed by atoms with Crippen molar-refractivity contribution in [3.63, 3.8) is 0 Å². The van der Waals surface area contributed by atoms with E-state index in [1.54, 1.807) is 6.20 Å². The third-order valence-corrected chi connectivity index (χ3v) is 2.99. The monoisotopic (exact) mass is 362 g/mol. The first-order valence-electron chi connectivity index (χ1n) is 5.28. The molecule has 0 saturated carbocycles. The number of nitrogens with zero attached hydrogens (tertiary/aromatic N) is 2. The molecule has 0 aromatic carbocycles. The molecule has 0 amide bonds. The zero-order valence-corrected chi connectivity index (χ0v) is 11.6. The average Bonchev–Trinajstić information content (AvgIpc) is 2.57. The van der Waals surface area contributed by atoms with Crippen molar-refractivity contribution in [2.45, 2.75) is 39.1 Å². The molecule has 0 unspecified atom stereocenters. The molecule has 1 heterocycles. The van der Waals surface area contributed by atoms with Gasteiger partial charge in [-0.15, -0.1) is 0 Å². The maximum atomic E-state index is 12.1.